The molecule has 1 unspecified atom stereocenters. The fourth-order valence-electron chi connectivity index (χ4n) is 2.60. The van der Waals surface area contributed by atoms with Crippen LogP contribution in [-0.2, 0) is 6.54 Å². The largest absolute Gasteiger partial charge is 0.347 e. The quantitative estimate of drug-likeness (QED) is 0.937. The van der Waals surface area contributed by atoms with Gasteiger partial charge < -0.3 is 5.32 Å². The Balaban J connectivity index is 1.51. The molecule has 3 rings (SSSR count). The number of rotatable bonds is 4. The molecule has 4 heteroatoms. The zero-order valence-electron chi connectivity index (χ0n) is 11.3. The van der Waals surface area contributed by atoms with Crippen molar-refractivity contribution < 1.29 is 4.79 Å². The van der Waals surface area contributed by atoms with Gasteiger partial charge in [-0.1, -0.05) is 36.4 Å². The first kappa shape index (κ1) is 13.3. The lowest BCUT2D eigenvalue weighted by molar-refractivity contribution is 0.0942. The van der Waals surface area contributed by atoms with E-state index in [1.165, 1.54) is 16.9 Å². The lowest BCUT2D eigenvalue weighted by atomic mass is 10.2. The third kappa shape index (κ3) is 3.26. The highest BCUT2D eigenvalue weighted by Gasteiger charge is 2.24. The topological polar surface area (TPSA) is 32.3 Å². The Hall–Kier alpha value is -1.65. The lowest BCUT2D eigenvalue weighted by Crippen LogP contribution is -2.36. The van der Waals surface area contributed by atoms with E-state index in [0.29, 0.717) is 0 Å². The van der Waals surface area contributed by atoms with E-state index >= 15 is 0 Å². The van der Waals surface area contributed by atoms with Gasteiger partial charge in [-0.25, -0.2) is 0 Å². The molecule has 2 heterocycles. The molecule has 0 saturated carbocycles. The minimum Gasteiger partial charge on any atom is -0.347 e. The Bertz CT molecular complexity index is 553. The fourth-order valence-corrected chi connectivity index (χ4v) is 3.23. The van der Waals surface area contributed by atoms with Gasteiger partial charge >= 0.3 is 0 Å². The van der Waals surface area contributed by atoms with Crippen molar-refractivity contribution in [2.24, 2.45) is 0 Å². The SMILES string of the molecule is O=C(NC1CCN(Cc2ccccc2)C1)c1cccs1. The molecular weight excluding hydrogens is 268 g/mol. The van der Waals surface area contributed by atoms with E-state index in [1.54, 1.807) is 0 Å². The minimum atomic E-state index is 0.0616. The number of thiophene rings is 1. The smallest absolute Gasteiger partial charge is 0.261 e. The summed E-state index contributed by atoms with van der Waals surface area (Å²) in [4.78, 5) is 15.2. The first-order chi connectivity index (χ1) is 9.81. The summed E-state index contributed by atoms with van der Waals surface area (Å²) >= 11 is 1.49. The second-order valence-corrected chi connectivity index (χ2v) is 6.10. The summed E-state index contributed by atoms with van der Waals surface area (Å²) < 4.78 is 0. The Morgan fingerprint density at radius 1 is 1.25 bits per heavy atom. The van der Waals surface area contributed by atoms with Crippen LogP contribution in [-0.4, -0.2) is 29.9 Å². The van der Waals surface area contributed by atoms with E-state index in [4.69, 9.17) is 0 Å². The van der Waals surface area contributed by atoms with Crippen molar-refractivity contribution in [3.8, 4) is 0 Å². The molecule has 3 nitrogen and oxygen atoms in total. The van der Waals surface area contributed by atoms with Crippen LogP contribution in [0.5, 0.6) is 0 Å². The van der Waals surface area contributed by atoms with E-state index in [9.17, 15) is 4.79 Å². The number of nitrogens with zero attached hydrogens (tertiary/aromatic N) is 1. The van der Waals surface area contributed by atoms with Gasteiger partial charge in [0, 0.05) is 25.7 Å². The van der Waals surface area contributed by atoms with Crippen LogP contribution in [0, 0.1) is 0 Å². The average molecular weight is 286 g/mol. The molecule has 1 amide bonds. The van der Waals surface area contributed by atoms with Crippen LogP contribution in [0.2, 0.25) is 0 Å². The number of hydrogen-bond donors (Lipinski definition) is 1. The van der Waals surface area contributed by atoms with Crippen molar-refractivity contribution >= 4 is 17.2 Å². The normalized spacial score (nSPS) is 19.1. The van der Waals surface area contributed by atoms with Crippen molar-refractivity contribution in [1.82, 2.24) is 10.2 Å². The summed E-state index contributed by atoms with van der Waals surface area (Å²) in [5.74, 6) is 0.0616. The number of nitrogens with one attached hydrogen (secondary N) is 1. The molecular formula is C16H18N2OS. The third-order valence-electron chi connectivity index (χ3n) is 3.60. The number of benzene rings is 1. The lowest BCUT2D eigenvalue weighted by Gasteiger charge is -2.16. The molecule has 0 aliphatic carbocycles. The van der Waals surface area contributed by atoms with Gasteiger partial charge in [-0.05, 0) is 23.4 Å². The van der Waals surface area contributed by atoms with E-state index in [0.717, 1.165) is 30.9 Å². The zero-order chi connectivity index (χ0) is 13.8. The summed E-state index contributed by atoms with van der Waals surface area (Å²) in [6, 6.07) is 14.5. The van der Waals surface area contributed by atoms with Crippen molar-refractivity contribution in [3.05, 3.63) is 58.3 Å². The predicted octanol–water partition coefficient (Wildman–Crippen LogP) is 2.75. The van der Waals surface area contributed by atoms with E-state index in [2.05, 4.69) is 34.5 Å². The van der Waals surface area contributed by atoms with Crippen molar-refractivity contribution in [2.75, 3.05) is 13.1 Å². The van der Waals surface area contributed by atoms with Gasteiger partial charge in [0.1, 0.15) is 0 Å². The molecule has 1 aromatic carbocycles. The first-order valence-corrected chi connectivity index (χ1v) is 7.80. The maximum absolute atomic E-state index is 12.0. The predicted molar refractivity (Wildman–Crippen MR) is 81.9 cm³/mol. The second-order valence-electron chi connectivity index (χ2n) is 5.16. The number of carbonyl (C=O) groups excluding carboxylic acids is 1. The Labute approximate surface area is 123 Å². The van der Waals surface area contributed by atoms with Crippen molar-refractivity contribution in [1.29, 1.82) is 0 Å². The molecule has 1 fully saturated rings. The van der Waals surface area contributed by atoms with Crippen molar-refractivity contribution in [2.45, 2.75) is 19.0 Å². The summed E-state index contributed by atoms with van der Waals surface area (Å²) in [7, 11) is 0. The highest BCUT2D eigenvalue weighted by molar-refractivity contribution is 7.12. The van der Waals surface area contributed by atoms with Crippen molar-refractivity contribution in [3.63, 3.8) is 0 Å². The monoisotopic (exact) mass is 286 g/mol. The zero-order valence-corrected chi connectivity index (χ0v) is 12.1. The standard InChI is InChI=1S/C16H18N2OS/c19-16(15-7-4-10-20-15)17-14-8-9-18(12-14)11-13-5-2-1-3-6-13/h1-7,10,14H,8-9,11-12H2,(H,17,19). The molecule has 1 aliphatic rings. The highest BCUT2D eigenvalue weighted by Crippen LogP contribution is 2.15. The molecule has 0 bridgehead atoms. The summed E-state index contributed by atoms with van der Waals surface area (Å²) in [5, 5.41) is 5.06. The summed E-state index contributed by atoms with van der Waals surface area (Å²) in [6.45, 7) is 2.95. The van der Waals surface area contributed by atoms with Crippen LogP contribution in [0.25, 0.3) is 0 Å². The number of likely N-dealkylation sites (tertiary alicyclic amines) is 1. The third-order valence-corrected chi connectivity index (χ3v) is 4.47. The van der Waals surface area contributed by atoms with Crippen LogP contribution in [0.4, 0.5) is 0 Å². The first-order valence-electron chi connectivity index (χ1n) is 6.92. The van der Waals surface area contributed by atoms with Crippen LogP contribution in [0.3, 0.4) is 0 Å². The molecule has 2 aromatic rings. The fraction of sp³-hybridized carbons (Fsp3) is 0.312. The van der Waals surface area contributed by atoms with Gasteiger partial charge in [-0.3, -0.25) is 9.69 Å². The Morgan fingerprint density at radius 3 is 2.85 bits per heavy atom. The van der Waals surface area contributed by atoms with Crippen LogP contribution < -0.4 is 5.32 Å². The molecule has 1 aliphatic heterocycles. The maximum atomic E-state index is 12.0. The van der Waals surface area contributed by atoms with Gasteiger partial charge in [-0.2, -0.15) is 0 Å². The van der Waals surface area contributed by atoms with E-state index < -0.39 is 0 Å². The van der Waals surface area contributed by atoms with Crippen LogP contribution in [0.1, 0.15) is 21.7 Å². The van der Waals surface area contributed by atoms with Gasteiger partial charge in [-0.15, -0.1) is 11.3 Å². The Morgan fingerprint density at radius 2 is 2.10 bits per heavy atom. The molecule has 0 radical (unpaired) electrons. The van der Waals surface area contributed by atoms with Gasteiger partial charge in [0.25, 0.3) is 5.91 Å². The van der Waals surface area contributed by atoms with Gasteiger partial charge in [0.15, 0.2) is 0 Å². The molecule has 1 N–H and O–H groups in total. The minimum absolute atomic E-state index is 0.0616. The van der Waals surface area contributed by atoms with Crippen LogP contribution >= 0.6 is 11.3 Å². The number of amides is 1. The van der Waals surface area contributed by atoms with Gasteiger partial charge in [0.2, 0.25) is 0 Å². The Kier molecular flexibility index (Phi) is 4.14. The highest BCUT2D eigenvalue weighted by atomic mass is 32.1. The molecule has 104 valence electrons. The molecule has 20 heavy (non-hydrogen) atoms. The maximum Gasteiger partial charge on any atom is 0.261 e. The molecule has 1 aromatic heterocycles. The van der Waals surface area contributed by atoms with E-state index in [1.807, 2.05) is 23.6 Å². The molecule has 1 saturated heterocycles. The average Bonchev–Trinajstić information content (AvgIpc) is 3.11. The number of hydrogen-bond acceptors (Lipinski definition) is 3. The van der Waals surface area contributed by atoms with Gasteiger partial charge in [0.05, 0.1) is 4.88 Å². The van der Waals surface area contributed by atoms with Crippen LogP contribution in [0.15, 0.2) is 47.8 Å². The number of carbonyl (C=O) groups is 1. The second kappa shape index (κ2) is 6.20. The van der Waals surface area contributed by atoms with E-state index in [-0.39, 0.29) is 11.9 Å². The summed E-state index contributed by atoms with van der Waals surface area (Å²) in [5.41, 5.74) is 1.33. The molecule has 0 spiro atoms. The summed E-state index contributed by atoms with van der Waals surface area (Å²) in [6.07, 6.45) is 1.03. The molecule has 1 atom stereocenters.